The molecule has 0 radical (unpaired) electrons. The largest absolute Gasteiger partial charge is 0.459 e. The van der Waals surface area contributed by atoms with Gasteiger partial charge < -0.3 is 14.6 Å². The molecule has 3 rings (SSSR count). The van der Waals surface area contributed by atoms with Gasteiger partial charge in [0.2, 0.25) is 11.8 Å². The summed E-state index contributed by atoms with van der Waals surface area (Å²) in [7, 11) is 0. The first-order chi connectivity index (χ1) is 14.0. The minimum atomic E-state index is -0.793. The molecule has 1 saturated heterocycles. The average Bonchev–Trinajstić information content (AvgIpc) is 2.93. The normalized spacial score (nSPS) is 17.0. The summed E-state index contributed by atoms with van der Waals surface area (Å²) in [6, 6.07) is 2.49. The number of hydrogen-bond acceptors (Lipinski definition) is 6. The molecule has 1 aromatic heterocycles. The number of carbonyl (C=O) groups excluding carboxylic acids is 4. The van der Waals surface area contributed by atoms with Crippen LogP contribution < -0.4 is 10.6 Å². The number of fused-ring (bicyclic) bond motifs is 1. The third kappa shape index (κ3) is 4.69. The highest BCUT2D eigenvalue weighted by Crippen LogP contribution is 2.28. The van der Waals surface area contributed by atoms with Crippen LogP contribution in [0.15, 0.2) is 16.6 Å². The van der Waals surface area contributed by atoms with Crippen LogP contribution in [-0.2, 0) is 25.7 Å². The highest BCUT2D eigenvalue weighted by molar-refractivity contribution is 9.10. The third-order valence-corrected chi connectivity index (χ3v) is 5.17. The first-order valence-corrected chi connectivity index (χ1v) is 10.3. The molecule has 2 aromatic rings. The monoisotopic (exact) mass is 478 g/mol. The summed E-state index contributed by atoms with van der Waals surface area (Å²) in [6.07, 6.45) is 0.401. The molecule has 1 aromatic carbocycles. The van der Waals surface area contributed by atoms with Crippen molar-refractivity contribution >= 4 is 50.7 Å². The van der Waals surface area contributed by atoms with Crippen LogP contribution in [0.5, 0.6) is 0 Å². The summed E-state index contributed by atoms with van der Waals surface area (Å²) in [5.74, 6) is -1.25. The number of amides is 3. The number of nitrogens with one attached hydrogen (secondary N) is 2. The summed E-state index contributed by atoms with van der Waals surface area (Å²) in [6.45, 7) is 7.04. The zero-order valence-corrected chi connectivity index (χ0v) is 18.8. The summed E-state index contributed by atoms with van der Waals surface area (Å²) >= 11 is 3.46. The van der Waals surface area contributed by atoms with E-state index in [1.54, 1.807) is 44.4 Å². The molecule has 160 valence electrons. The topological polar surface area (TPSA) is 119 Å². The van der Waals surface area contributed by atoms with Crippen LogP contribution in [0.3, 0.4) is 0 Å². The molecule has 1 aliphatic heterocycles. The van der Waals surface area contributed by atoms with Gasteiger partial charge in [-0.3, -0.25) is 24.5 Å². The van der Waals surface area contributed by atoms with Crippen LogP contribution in [0.2, 0.25) is 0 Å². The van der Waals surface area contributed by atoms with Gasteiger partial charge in [-0.1, -0.05) is 0 Å². The molecule has 0 saturated carbocycles. The summed E-state index contributed by atoms with van der Waals surface area (Å²) < 4.78 is 7.74. The second-order valence-corrected chi connectivity index (χ2v) is 8.96. The van der Waals surface area contributed by atoms with Crippen molar-refractivity contribution < 1.29 is 23.9 Å². The number of aryl methyl sites for hydroxylation is 1. The molecule has 2 N–H and O–H groups in total. The Bertz CT molecular complexity index is 1050. The summed E-state index contributed by atoms with van der Waals surface area (Å²) in [5.41, 5.74) is 0.624. The van der Waals surface area contributed by atoms with Gasteiger partial charge in [0.15, 0.2) is 0 Å². The van der Waals surface area contributed by atoms with Gasteiger partial charge >= 0.3 is 5.97 Å². The Morgan fingerprint density at radius 3 is 2.67 bits per heavy atom. The fourth-order valence-corrected chi connectivity index (χ4v) is 3.79. The van der Waals surface area contributed by atoms with E-state index in [2.05, 4.69) is 31.5 Å². The second kappa shape index (κ2) is 8.17. The maximum Gasteiger partial charge on any atom is 0.326 e. The molecule has 10 heteroatoms. The quantitative estimate of drug-likeness (QED) is 0.512. The third-order valence-electron chi connectivity index (χ3n) is 4.53. The molecule has 2 heterocycles. The van der Waals surface area contributed by atoms with E-state index in [1.807, 2.05) is 0 Å². The molecule has 0 aliphatic carbocycles. The number of rotatable bonds is 4. The van der Waals surface area contributed by atoms with Gasteiger partial charge in [-0.15, -0.1) is 0 Å². The number of carbonyl (C=O) groups is 4. The van der Waals surface area contributed by atoms with Crippen molar-refractivity contribution in [1.82, 2.24) is 20.2 Å². The van der Waals surface area contributed by atoms with Crippen molar-refractivity contribution in [3.8, 4) is 0 Å². The lowest BCUT2D eigenvalue weighted by Crippen LogP contribution is -2.52. The van der Waals surface area contributed by atoms with Crippen molar-refractivity contribution in [2.75, 3.05) is 0 Å². The van der Waals surface area contributed by atoms with E-state index in [9.17, 15) is 19.2 Å². The van der Waals surface area contributed by atoms with Gasteiger partial charge in [-0.25, -0.2) is 4.98 Å². The maximum atomic E-state index is 12.9. The van der Waals surface area contributed by atoms with E-state index < -0.39 is 29.4 Å². The maximum absolute atomic E-state index is 12.9. The molecule has 9 nitrogen and oxygen atoms in total. The van der Waals surface area contributed by atoms with Crippen LogP contribution in [0.25, 0.3) is 11.0 Å². The summed E-state index contributed by atoms with van der Waals surface area (Å²) in [5, 5.41) is 4.87. The number of hydrogen-bond donors (Lipinski definition) is 2. The number of ether oxygens (including phenoxy) is 1. The predicted molar refractivity (Wildman–Crippen MR) is 112 cm³/mol. The summed E-state index contributed by atoms with van der Waals surface area (Å²) in [4.78, 5) is 52.9. The van der Waals surface area contributed by atoms with E-state index in [0.29, 0.717) is 21.3 Å². The zero-order valence-electron chi connectivity index (χ0n) is 17.2. The molecular weight excluding hydrogens is 456 g/mol. The van der Waals surface area contributed by atoms with Gasteiger partial charge in [0.05, 0.1) is 11.1 Å². The van der Waals surface area contributed by atoms with Crippen molar-refractivity contribution in [3.63, 3.8) is 0 Å². The number of piperidine rings is 1. The lowest BCUT2D eigenvalue weighted by atomic mass is 10.1. The van der Waals surface area contributed by atoms with Crippen LogP contribution in [0.1, 0.15) is 49.8 Å². The van der Waals surface area contributed by atoms with Crippen LogP contribution in [0, 0.1) is 6.92 Å². The van der Waals surface area contributed by atoms with Gasteiger partial charge in [0, 0.05) is 10.9 Å². The highest BCUT2D eigenvalue weighted by Gasteiger charge is 2.29. The van der Waals surface area contributed by atoms with Crippen molar-refractivity contribution in [2.45, 2.75) is 58.7 Å². The smallest absolute Gasteiger partial charge is 0.326 e. The van der Waals surface area contributed by atoms with Crippen LogP contribution >= 0.6 is 15.9 Å². The Balaban J connectivity index is 1.91. The minimum absolute atomic E-state index is 0.0591. The molecule has 30 heavy (non-hydrogen) atoms. The van der Waals surface area contributed by atoms with Crippen LogP contribution in [-0.4, -0.2) is 44.9 Å². The molecule has 1 unspecified atom stereocenters. The highest BCUT2D eigenvalue weighted by atomic mass is 79.9. The van der Waals surface area contributed by atoms with Gasteiger partial charge in [-0.05, 0) is 62.2 Å². The lowest BCUT2D eigenvalue weighted by molar-refractivity contribution is -0.155. The number of imidazole rings is 1. The Kier molecular flexibility index (Phi) is 5.98. The van der Waals surface area contributed by atoms with Gasteiger partial charge in [0.25, 0.3) is 5.91 Å². The fraction of sp³-hybridized carbons (Fsp3) is 0.450. The second-order valence-electron chi connectivity index (χ2n) is 8.10. The Labute approximate surface area is 181 Å². The molecule has 1 aliphatic rings. The number of halogens is 1. The zero-order chi connectivity index (χ0) is 22.2. The van der Waals surface area contributed by atoms with E-state index >= 15 is 0 Å². The number of benzene rings is 1. The van der Waals surface area contributed by atoms with E-state index in [-0.39, 0.29) is 30.9 Å². The number of aromatic nitrogens is 2. The van der Waals surface area contributed by atoms with E-state index in [4.69, 9.17) is 4.74 Å². The van der Waals surface area contributed by atoms with Gasteiger partial charge in [-0.2, -0.15) is 0 Å². The SMILES string of the molecule is Cc1nc2c(C(=O)NC3CCC(=O)NC3=O)ccc(Br)c2n1CC(=O)OC(C)(C)C. The van der Waals surface area contributed by atoms with Crippen molar-refractivity contribution in [2.24, 2.45) is 0 Å². The van der Waals surface area contributed by atoms with E-state index in [0.717, 1.165) is 0 Å². The number of esters is 1. The first kappa shape index (κ1) is 21.9. The fourth-order valence-electron chi connectivity index (χ4n) is 3.26. The van der Waals surface area contributed by atoms with E-state index in [1.165, 1.54) is 0 Å². The molecule has 1 fully saturated rings. The standard InChI is InChI=1S/C20H23BrN4O5/c1-10-22-16-11(18(28)23-13-7-8-14(26)24-19(13)29)5-6-12(21)17(16)25(10)9-15(27)30-20(2,3)4/h5-6,13H,7-9H2,1-4H3,(H,23,28)(H,24,26,29). The number of imide groups is 1. The average molecular weight is 479 g/mol. The molecule has 3 amide bonds. The van der Waals surface area contributed by atoms with Crippen LogP contribution in [0.4, 0.5) is 0 Å². The Morgan fingerprint density at radius 2 is 2.03 bits per heavy atom. The lowest BCUT2D eigenvalue weighted by Gasteiger charge is -2.22. The van der Waals surface area contributed by atoms with Crippen molar-refractivity contribution in [3.05, 3.63) is 28.0 Å². The first-order valence-electron chi connectivity index (χ1n) is 9.48. The predicted octanol–water partition coefficient (Wildman–Crippen LogP) is 1.98. The minimum Gasteiger partial charge on any atom is -0.459 e. The number of nitrogens with zero attached hydrogens (tertiary/aromatic N) is 2. The molecule has 0 spiro atoms. The molecule has 1 atom stereocenters. The Hall–Kier alpha value is -2.75. The Morgan fingerprint density at radius 1 is 1.33 bits per heavy atom. The molecular formula is C20H23BrN4O5. The molecule has 0 bridgehead atoms. The van der Waals surface area contributed by atoms with Crippen molar-refractivity contribution in [1.29, 1.82) is 0 Å². The van der Waals surface area contributed by atoms with Gasteiger partial charge in [0.1, 0.15) is 29.5 Å².